The maximum absolute atomic E-state index is 14.4. The molecule has 2 heterocycles. The topological polar surface area (TPSA) is 84.1 Å². The van der Waals surface area contributed by atoms with E-state index in [0.717, 1.165) is 11.1 Å². The van der Waals surface area contributed by atoms with Gasteiger partial charge >= 0.3 is 5.97 Å². The summed E-state index contributed by atoms with van der Waals surface area (Å²) >= 11 is 1.40. The number of ether oxygens (including phenoxy) is 1. The first-order chi connectivity index (χ1) is 18.0. The minimum atomic E-state index is -0.884. The summed E-state index contributed by atoms with van der Waals surface area (Å²) in [7, 11) is 0. The minimum absolute atomic E-state index is 0.150. The monoisotopic (exact) mass is 513 g/mol. The van der Waals surface area contributed by atoms with E-state index in [1.807, 2.05) is 60.7 Å². The number of nitrogens with one attached hydrogen (secondary N) is 2. The molecule has 0 radical (unpaired) electrons. The predicted octanol–water partition coefficient (Wildman–Crippen LogP) is 5.73. The molecule has 0 saturated carbocycles. The number of nitrogens with zero attached hydrogens (tertiary/aromatic N) is 1. The zero-order valence-corrected chi connectivity index (χ0v) is 20.8. The molecular weight excluding hydrogens is 489 g/mol. The summed E-state index contributed by atoms with van der Waals surface area (Å²) in [6, 6.07) is 25.1. The van der Waals surface area contributed by atoms with Crippen LogP contribution in [0, 0.1) is 5.82 Å². The van der Waals surface area contributed by atoms with Crippen LogP contribution in [0.5, 0.6) is 0 Å². The fourth-order valence-corrected chi connectivity index (χ4v) is 5.19. The van der Waals surface area contributed by atoms with Crippen LogP contribution in [0.4, 0.5) is 10.2 Å². The van der Waals surface area contributed by atoms with Crippen LogP contribution in [0.2, 0.25) is 0 Å². The molecule has 5 rings (SSSR count). The number of H-pyrrole nitrogens is 1. The van der Waals surface area contributed by atoms with Crippen molar-refractivity contribution in [1.82, 2.24) is 9.97 Å². The summed E-state index contributed by atoms with van der Waals surface area (Å²) in [5, 5.41) is 3.67. The molecule has 1 unspecified atom stereocenters. The summed E-state index contributed by atoms with van der Waals surface area (Å²) in [5.74, 6) is -1.01. The number of thioether (sulfide) groups is 1. The molecule has 0 spiro atoms. The van der Waals surface area contributed by atoms with Crippen molar-refractivity contribution in [1.29, 1.82) is 0 Å². The van der Waals surface area contributed by atoms with Gasteiger partial charge in [0.1, 0.15) is 11.6 Å². The quantitative estimate of drug-likeness (QED) is 0.186. The third-order valence-electron chi connectivity index (χ3n) is 5.98. The Hall–Kier alpha value is -4.17. The average molecular weight is 514 g/mol. The van der Waals surface area contributed by atoms with E-state index < -0.39 is 23.3 Å². The highest BCUT2D eigenvalue weighted by Crippen LogP contribution is 2.43. The Morgan fingerprint density at radius 2 is 1.76 bits per heavy atom. The van der Waals surface area contributed by atoms with E-state index in [4.69, 9.17) is 9.72 Å². The van der Waals surface area contributed by atoms with Crippen molar-refractivity contribution in [3.05, 3.63) is 129 Å². The smallest absolute Gasteiger partial charge is 0.337 e. The standard InChI is InChI=1S/C29H24FN3O3S/c1-2-36-28(35)23-22(20-14-9-15-21(30)16-20)24-26(31-25(23)19-12-7-4-8-13-19)32-29(33-27(24)34)37-17-18-10-5-3-6-11-18/h3-16,22H,2,17H2,1H3,(H2,31,32,33,34). The van der Waals surface area contributed by atoms with Gasteiger partial charge in [-0.2, -0.15) is 0 Å². The number of hydrogen-bond acceptors (Lipinski definition) is 6. The lowest BCUT2D eigenvalue weighted by molar-refractivity contribution is -0.138. The third-order valence-corrected chi connectivity index (χ3v) is 6.93. The molecule has 0 aliphatic carbocycles. The van der Waals surface area contributed by atoms with Gasteiger partial charge in [0.05, 0.1) is 29.4 Å². The molecule has 2 N–H and O–H groups in total. The highest BCUT2D eigenvalue weighted by atomic mass is 32.2. The molecule has 37 heavy (non-hydrogen) atoms. The van der Waals surface area contributed by atoms with Crippen LogP contribution in [-0.4, -0.2) is 22.5 Å². The Bertz CT molecular complexity index is 1520. The second-order valence-corrected chi connectivity index (χ2v) is 9.36. The Morgan fingerprint density at radius 3 is 2.46 bits per heavy atom. The number of hydrogen-bond donors (Lipinski definition) is 2. The van der Waals surface area contributed by atoms with Crippen LogP contribution in [0.3, 0.4) is 0 Å². The molecule has 0 saturated heterocycles. The molecular formula is C29H24FN3O3S. The molecule has 1 aliphatic rings. The first kappa shape index (κ1) is 24.5. The second-order valence-electron chi connectivity index (χ2n) is 8.40. The van der Waals surface area contributed by atoms with Gasteiger partial charge in [-0.25, -0.2) is 14.2 Å². The van der Waals surface area contributed by atoms with Gasteiger partial charge in [-0.3, -0.25) is 4.79 Å². The Labute approximate surface area is 217 Å². The van der Waals surface area contributed by atoms with Gasteiger partial charge in [0.2, 0.25) is 0 Å². The maximum atomic E-state index is 14.4. The molecule has 8 heteroatoms. The van der Waals surface area contributed by atoms with Crippen LogP contribution >= 0.6 is 11.8 Å². The van der Waals surface area contributed by atoms with Gasteiger partial charge in [-0.1, -0.05) is 84.6 Å². The minimum Gasteiger partial charge on any atom is -0.463 e. The number of carbonyl (C=O) groups excluding carboxylic acids is 1. The number of halogens is 1. The zero-order valence-electron chi connectivity index (χ0n) is 20.0. The lowest BCUT2D eigenvalue weighted by Gasteiger charge is -2.30. The van der Waals surface area contributed by atoms with Crippen LogP contribution in [0.15, 0.2) is 100 Å². The number of rotatable bonds is 7. The summed E-state index contributed by atoms with van der Waals surface area (Å²) in [6.07, 6.45) is 0. The molecule has 1 aromatic heterocycles. The molecule has 1 atom stereocenters. The Balaban J connectivity index is 1.68. The van der Waals surface area contributed by atoms with Crippen LogP contribution in [-0.2, 0) is 15.3 Å². The van der Waals surface area contributed by atoms with Gasteiger partial charge in [-0.15, -0.1) is 0 Å². The van der Waals surface area contributed by atoms with E-state index in [0.29, 0.717) is 28.0 Å². The van der Waals surface area contributed by atoms with Crippen molar-refractivity contribution in [2.45, 2.75) is 23.8 Å². The molecule has 0 amide bonds. The van der Waals surface area contributed by atoms with Crippen molar-refractivity contribution >= 4 is 29.2 Å². The van der Waals surface area contributed by atoms with Crippen LogP contribution in [0.25, 0.3) is 5.70 Å². The normalized spacial score (nSPS) is 14.6. The molecule has 0 fully saturated rings. The van der Waals surface area contributed by atoms with E-state index in [-0.39, 0.29) is 17.7 Å². The first-order valence-electron chi connectivity index (χ1n) is 11.8. The van der Waals surface area contributed by atoms with Crippen molar-refractivity contribution in [2.24, 2.45) is 0 Å². The Kier molecular flexibility index (Phi) is 7.18. The second kappa shape index (κ2) is 10.8. The van der Waals surface area contributed by atoms with Crippen LogP contribution < -0.4 is 10.9 Å². The van der Waals surface area contributed by atoms with Gasteiger partial charge < -0.3 is 15.0 Å². The van der Waals surface area contributed by atoms with E-state index in [2.05, 4.69) is 10.3 Å². The maximum Gasteiger partial charge on any atom is 0.337 e. The lowest BCUT2D eigenvalue weighted by Crippen LogP contribution is -2.31. The van der Waals surface area contributed by atoms with Gasteiger partial charge in [0.25, 0.3) is 5.56 Å². The SMILES string of the molecule is CCOC(=O)C1=C(c2ccccc2)Nc2nc(SCc3ccccc3)[nH]c(=O)c2C1c1cccc(F)c1. The highest BCUT2D eigenvalue weighted by Gasteiger charge is 2.38. The molecule has 3 aromatic carbocycles. The van der Waals surface area contributed by atoms with E-state index in [1.54, 1.807) is 19.1 Å². The zero-order chi connectivity index (χ0) is 25.8. The van der Waals surface area contributed by atoms with Gasteiger partial charge in [0.15, 0.2) is 5.16 Å². The number of aromatic nitrogens is 2. The number of anilines is 1. The summed E-state index contributed by atoms with van der Waals surface area (Å²) in [5.41, 5.74) is 2.79. The number of benzene rings is 3. The molecule has 1 aliphatic heterocycles. The fraction of sp³-hybridized carbons (Fsp3) is 0.138. The summed E-state index contributed by atoms with van der Waals surface area (Å²) < 4.78 is 19.8. The first-order valence-corrected chi connectivity index (χ1v) is 12.8. The average Bonchev–Trinajstić information content (AvgIpc) is 2.92. The number of esters is 1. The number of carbonyl (C=O) groups is 1. The van der Waals surface area contributed by atoms with Gasteiger partial charge in [-0.05, 0) is 35.7 Å². The largest absolute Gasteiger partial charge is 0.463 e. The van der Waals surface area contributed by atoms with E-state index in [9.17, 15) is 14.0 Å². The molecule has 6 nitrogen and oxygen atoms in total. The van der Waals surface area contributed by atoms with E-state index >= 15 is 0 Å². The fourth-order valence-electron chi connectivity index (χ4n) is 4.37. The highest BCUT2D eigenvalue weighted by molar-refractivity contribution is 7.98. The molecule has 4 aromatic rings. The van der Waals surface area contributed by atoms with Gasteiger partial charge in [0, 0.05) is 5.75 Å². The molecule has 186 valence electrons. The third kappa shape index (κ3) is 5.20. The predicted molar refractivity (Wildman–Crippen MR) is 143 cm³/mol. The summed E-state index contributed by atoms with van der Waals surface area (Å²) in [6.45, 7) is 1.86. The summed E-state index contributed by atoms with van der Waals surface area (Å²) in [4.78, 5) is 34.4. The molecule has 0 bridgehead atoms. The number of aromatic amines is 1. The van der Waals surface area contributed by atoms with Crippen molar-refractivity contribution in [3.8, 4) is 0 Å². The van der Waals surface area contributed by atoms with Crippen molar-refractivity contribution < 1.29 is 13.9 Å². The number of fused-ring (bicyclic) bond motifs is 1. The van der Waals surface area contributed by atoms with Crippen LogP contribution in [0.1, 0.15) is 35.1 Å². The van der Waals surface area contributed by atoms with Crippen molar-refractivity contribution in [2.75, 3.05) is 11.9 Å². The van der Waals surface area contributed by atoms with E-state index in [1.165, 1.54) is 23.9 Å². The van der Waals surface area contributed by atoms with Crippen molar-refractivity contribution in [3.63, 3.8) is 0 Å². The lowest BCUT2D eigenvalue weighted by atomic mass is 9.81. The Morgan fingerprint density at radius 1 is 1.03 bits per heavy atom.